The van der Waals surface area contributed by atoms with E-state index >= 15 is 0 Å². The summed E-state index contributed by atoms with van der Waals surface area (Å²) in [7, 11) is 0. The van der Waals surface area contributed by atoms with E-state index in [1.54, 1.807) is 0 Å². The third-order valence-electron chi connectivity index (χ3n) is 3.35. The van der Waals surface area contributed by atoms with E-state index in [0.717, 1.165) is 25.4 Å². The van der Waals surface area contributed by atoms with Gasteiger partial charge in [-0.3, -0.25) is 0 Å². The maximum atomic E-state index is 5.71. The highest BCUT2D eigenvalue weighted by atomic mass is 16.5. The fraction of sp³-hybridized carbons (Fsp3) is 0.444. The smallest absolute Gasteiger partial charge is 0.120 e. The number of benzene rings is 2. The van der Waals surface area contributed by atoms with Crippen LogP contribution in [0.1, 0.15) is 19.8 Å². The lowest BCUT2D eigenvalue weighted by molar-refractivity contribution is 0.102. The molecule has 114 valence electrons. The van der Waals surface area contributed by atoms with Gasteiger partial charge in [-0.15, -0.1) is 0 Å². The summed E-state index contributed by atoms with van der Waals surface area (Å²) in [4.78, 5) is 0. The Bertz CT molecular complexity index is 527. The van der Waals surface area contributed by atoms with Crippen LogP contribution in [0.2, 0.25) is 0 Å². The van der Waals surface area contributed by atoms with Crippen LogP contribution in [0.15, 0.2) is 42.5 Å². The highest BCUT2D eigenvalue weighted by molar-refractivity contribution is 5.83. The lowest BCUT2D eigenvalue weighted by atomic mass is 10.1. The van der Waals surface area contributed by atoms with Crippen molar-refractivity contribution in [3.8, 4) is 5.75 Å². The number of hydrogen-bond donors (Lipinski definition) is 1. The molecule has 0 aliphatic rings. The van der Waals surface area contributed by atoms with Gasteiger partial charge in [0.05, 0.1) is 13.2 Å². The normalized spacial score (nSPS) is 10.9. The van der Waals surface area contributed by atoms with Gasteiger partial charge < -0.3 is 14.8 Å². The Labute approximate surface area is 127 Å². The first kappa shape index (κ1) is 15.8. The minimum atomic E-state index is 0.591. The average Bonchev–Trinajstić information content (AvgIpc) is 2.53. The van der Waals surface area contributed by atoms with E-state index in [1.807, 2.05) is 18.2 Å². The van der Waals surface area contributed by atoms with E-state index in [-0.39, 0.29) is 0 Å². The molecule has 0 fully saturated rings. The quantitative estimate of drug-likeness (QED) is 0.677. The number of ether oxygens (including phenoxy) is 2. The molecule has 0 saturated carbocycles. The number of unbranched alkanes of at least 4 members (excludes halogenated alkanes) is 1. The SMILES string of the molecule is CCCCNCCOCCOc1ccc2ccccc2c1. The van der Waals surface area contributed by atoms with E-state index in [4.69, 9.17) is 9.47 Å². The maximum Gasteiger partial charge on any atom is 0.120 e. The molecule has 0 amide bonds. The molecule has 0 spiro atoms. The summed E-state index contributed by atoms with van der Waals surface area (Å²) in [5, 5.41) is 5.79. The second-order valence-corrected chi connectivity index (χ2v) is 5.07. The number of rotatable bonds is 10. The summed E-state index contributed by atoms with van der Waals surface area (Å²) in [6, 6.07) is 14.5. The van der Waals surface area contributed by atoms with Gasteiger partial charge in [-0.1, -0.05) is 43.7 Å². The third-order valence-corrected chi connectivity index (χ3v) is 3.35. The molecule has 0 bridgehead atoms. The Hall–Kier alpha value is -1.58. The van der Waals surface area contributed by atoms with Crippen molar-refractivity contribution in [2.45, 2.75) is 19.8 Å². The summed E-state index contributed by atoms with van der Waals surface area (Å²) >= 11 is 0. The van der Waals surface area contributed by atoms with Crippen LogP contribution in [0.4, 0.5) is 0 Å². The van der Waals surface area contributed by atoms with E-state index in [2.05, 4.69) is 36.5 Å². The van der Waals surface area contributed by atoms with Crippen LogP contribution in [-0.4, -0.2) is 32.9 Å². The van der Waals surface area contributed by atoms with Crippen LogP contribution < -0.4 is 10.1 Å². The highest BCUT2D eigenvalue weighted by Crippen LogP contribution is 2.20. The maximum absolute atomic E-state index is 5.71. The number of hydrogen-bond acceptors (Lipinski definition) is 3. The molecule has 2 aromatic rings. The van der Waals surface area contributed by atoms with Gasteiger partial charge in [0, 0.05) is 6.54 Å². The van der Waals surface area contributed by atoms with Gasteiger partial charge in [-0.25, -0.2) is 0 Å². The van der Waals surface area contributed by atoms with Gasteiger partial charge in [-0.2, -0.15) is 0 Å². The fourth-order valence-electron chi connectivity index (χ4n) is 2.15. The standard InChI is InChI=1S/C18H25NO2/c1-2-3-10-19-11-12-20-13-14-21-18-9-8-16-6-4-5-7-17(16)15-18/h4-9,15,19H,2-3,10-14H2,1H3. The van der Waals surface area contributed by atoms with Crippen molar-refractivity contribution in [2.24, 2.45) is 0 Å². The molecule has 0 aliphatic heterocycles. The van der Waals surface area contributed by atoms with Crippen LogP contribution in [-0.2, 0) is 4.74 Å². The molecule has 0 aliphatic carbocycles. The summed E-state index contributed by atoms with van der Waals surface area (Å²) < 4.78 is 11.2. The molecule has 2 aromatic carbocycles. The van der Waals surface area contributed by atoms with Crippen LogP contribution in [0.3, 0.4) is 0 Å². The molecule has 2 rings (SSSR count). The van der Waals surface area contributed by atoms with Crippen molar-refractivity contribution in [1.82, 2.24) is 5.32 Å². The Morgan fingerprint density at radius 3 is 2.62 bits per heavy atom. The molecule has 0 unspecified atom stereocenters. The minimum absolute atomic E-state index is 0.591. The Balaban J connectivity index is 1.59. The lowest BCUT2D eigenvalue weighted by Crippen LogP contribution is -2.21. The molecule has 21 heavy (non-hydrogen) atoms. The highest BCUT2D eigenvalue weighted by Gasteiger charge is 1.97. The largest absolute Gasteiger partial charge is 0.491 e. The van der Waals surface area contributed by atoms with Crippen LogP contribution >= 0.6 is 0 Å². The third kappa shape index (κ3) is 5.74. The van der Waals surface area contributed by atoms with Gasteiger partial charge in [0.15, 0.2) is 0 Å². The zero-order valence-corrected chi connectivity index (χ0v) is 12.8. The molecule has 1 N–H and O–H groups in total. The summed E-state index contributed by atoms with van der Waals surface area (Å²) in [6.45, 7) is 6.14. The zero-order chi connectivity index (χ0) is 14.8. The molecule has 0 radical (unpaired) electrons. The van der Waals surface area contributed by atoms with E-state index in [9.17, 15) is 0 Å². The van der Waals surface area contributed by atoms with Crippen molar-refractivity contribution in [2.75, 3.05) is 32.9 Å². The van der Waals surface area contributed by atoms with Gasteiger partial charge >= 0.3 is 0 Å². The summed E-state index contributed by atoms with van der Waals surface area (Å²) in [6.07, 6.45) is 2.46. The van der Waals surface area contributed by atoms with E-state index in [1.165, 1.54) is 23.6 Å². The predicted octanol–water partition coefficient (Wildman–Crippen LogP) is 3.62. The van der Waals surface area contributed by atoms with Crippen LogP contribution in [0.25, 0.3) is 10.8 Å². The van der Waals surface area contributed by atoms with Crippen molar-refractivity contribution in [3.05, 3.63) is 42.5 Å². The number of fused-ring (bicyclic) bond motifs is 1. The van der Waals surface area contributed by atoms with Gasteiger partial charge in [-0.05, 0) is 35.9 Å². The van der Waals surface area contributed by atoms with Crippen molar-refractivity contribution >= 4 is 10.8 Å². The Kier molecular flexibility index (Phi) is 7.05. The predicted molar refractivity (Wildman–Crippen MR) is 88.0 cm³/mol. The van der Waals surface area contributed by atoms with Crippen LogP contribution in [0.5, 0.6) is 5.75 Å². The van der Waals surface area contributed by atoms with E-state index < -0.39 is 0 Å². The van der Waals surface area contributed by atoms with E-state index in [0.29, 0.717) is 13.2 Å². The monoisotopic (exact) mass is 287 g/mol. The first-order valence-electron chi connectivity index (χ1n) is 7.80. The molecule has 0 atom stereocenters. The zero-order valence-electron chi connectivity index (χ0n) is 12.8. The lowest BCUT2D eigenvalue weighted by Gasteiger charge is -2.08. The van der Waals surface area contributed by atoms with Gasteiger partial charge in [0.1, 0.15) is 12.4 Å². The molecule has 3 nitrogen and oxygen atoms in total. The average molecular weight is 287 g/mol. The first-order chi connectivity index (χ1) is 10.4. The second-order valence-electron chi connectivity index (χ2n) is 5.07. The fourth-order valence-corrected chi connectivity index (χ4v) is 2.15. The summed E-state index contributed by atoms with van der Waals surface area (Å²) in [5.74, 6) is 0.901. The topological polar surface area (TPSA) is 30.5 Å². The van der Waals surface area contributed by atoms with Gasteiger partial charge in [0.2, 0.25) is 0 Å². The second kappa shape index (κ2) is 9.37. The Morgan fingerprint density at radius 1 is 0.905 bits per heavy atom. The molecule has 0 aromatic heterocycles. The molecule has 0 heterocycles. The Morgan fingerprint density at radius 2 is 1.76 bits per heavy atom. The number of nitrogens with one attached hydrogen (secondary N) is 1. The van der Waals surface area contributed by atoms with Crippen molar-refractivity contribution in [1.29, 1.82) is 0 Å². The molecule has 3 heteroatoms. The van der Waals surface area contributed by atoms with Crippen LogP contribution in [0, 0.1) is 0 Å². The minimum Gasteiger partial charge on any atom is -0.491 e. The molecular formula is C18H25NO2. The van der Waals surface area contributed by atoms with Crippen molar-refractivity contribution in [3.63, 3.8) is 0 Å². The van der Waals surface area contributed by atoms with Crippen molar-refractivity contribution < 1.29 is 9.47 Å². The first-order valence-corrected chi connectivity index (χ1v) is 7.80. The molecular weight excluding hydrogens is 262 g/mol. The molecule has 0 saturated heterocycles. The van der Waals surface area contributed by atoms with Gasteiger partial charge in [0.25, 0.3) is 0 Å². The summed E-state index contributed by atoms with van der Waals surface area (Å²) in [5.41, 5.74) is 0.